The minimum atomic E-state index is -0.583. The van der Waals surface area contributed by atoms with Crippen LogP contribution in [0, 0.1) is 0 Å². The molecule has 0 aromatic carbocycles. The van der Waals surface area contributed by atoms with Crippen molar-refractivity contribution in [3.05, 3.63) is 28.2 Å². The molecule has 5 nitrogen and oxygen atoms in total. The molecule has 0 bridgehead atoms. The highest BCUT2D eigenvalue weighted by atomic mass is 16.7. The molecule has 6 heteroatoms. The monoisotopic (exact) mass is 263 g/mol. The zero-order valence-corrected chi connectivity index (χ0v) is 11.9. The molecule has 0 spiro atoms. The highest BCUT2D eigenvalue weighted by Gasteiger charge is 2.51. The molecule has 1 N–H and O–H groups in total. The predicted molar refractivity (Wildman–Crippen MR) is 72.8 cm³/mol. The van der Waals surface area contributed by atoms with Crippen LogP contribution in [0.5, 0.6) is 0 Å². The van der Waals surface area contributed by atoms with Gasteiger partial charge in [-0.1, -0.05) is 0 Å². The molecule has 1 aromatic rings. The maximum absolute atomic E-state index is 11.5. The SMILES string of the molecule is CC(=O)c1cc(B2OC(C)(C)C(C)(C)O2)c[nH]c1=O. The van der Waals surface area contributed by atoms with Crippen LogP contribution in [0.2, 0.25) is 0 Å². The Labute approximate surface area is 112 Å². The Morgan fingerprint density at radius 1 is 1.21 bits per heavy atom. The van der Waals surface area contributed by atoms with Gasteiger partial charge in [0.1, 0.15) is 0 Å². The van der Waals surface area contributed by atoms with Crippen LogP contribution in [-0.2, 0) is 9.31 Å². The molecule has 1 aliphatic rings. The van der Waals surface area contributed by atoms with Gasteiger partial charge in [0.25, 0.3) is 5.56 Å². The number of rotatable bonds is 2. The number of aromatic amines is 1. The third kappa shape index (κ3) is 2.38. The lowest BCUT2D eigenvalue weighted by atomic mass is 9.79. The second kappa shape index (κ2) is 4.32. The predicted octanol–water partition coefficient (Wildman–Crippen LogP) is 0.877. The van der Waals surface area contributed by atoms with Crippen molar-refractivity contribution in [1.29, 1.82) is 0 Å². The molecular weight excluding hydrogens is 245 g/mol. The summed E-state index contributed by atoms with van der Waals surface area (Å²) in [5.74, 6) is -0.278. The summed E-state index contributed by atoms with van der Waals surface area (Å²) in [7, 11) is -0.583. The second-order valence-electron chi connectivity index (χ2n) is 5.82. The lowest BCUT2D eigenvalue weighted by Gasteiger charge is -2.32. The molecule has 0 amide bonds. The largest absolute Gasteiger partial charge is 0.496 e. The maximum Gasteiger partial charge on any atom is 0.496 e. The van der Waals surface area contributed by atoms with Crippen LogP contribution in [0.15, 0.2) is 17.1 Å². The highest BCUT2D eigenvalue weighted by molar-refractivity contribution is 6.62. The average molecular weight is 263 g/mol. The van der Waals surface area contributed by atoms with E-state index in [0.717, 1.165) is 0 Å². The van der Waals surface area contributed by atoms with E-state index in [4.69, 9.17) is 9.31 Å². The molecular formula is C13H18BNO4. The number of carbonyl (C=O) groups excluding carboxylic acids is 1. The fourth-order valence-electron chi connectivity index (χ4n) is 1.88. The van der Waals surface area contributed by atoms with Crippen LogP contribution in [0.4, 0.5) is 0 Å². The van der Waals surface area contributed by atoms with E-state index in [1.165, 1.54) is 19.2 Å². The molecule has 0 atom stereocenters. The number of nitrogens with one attached hydrogen (secondary N) is 1. The van der Waals surface area contributed by atoms with Gasteiger partial charge in [-0.15, -0.1) is 0 Å². The molecule has 102 valence electrons. The van der Waals surface area contributed by atoms with Gasteiger partial charge in [0.2, 0.25) is 0 Å². The summed E-state index contributed by atoms with van der Waals surface area (Å²) in [5, 5.41) is 0. The van der Waals surface area contributed by atoms with Crippen LogP contribution in [-0.4, -0.2) is 29.1 Å². The topological polar surface area (TPSA) is 68.4 Å². The van der Waals surface area contributed by atoms with E-state index in [2.05, 4.69) is 4.98 Å². The molecule has 1 aliphatic heterocycles. The van der Waals surface area contributed by atoms with E-state index in [1.54, 1.807) is 0 Å². The van der Waals surface area contributed by atoms with Gasteiger partial charge in [-0.2, -0.15) is 0 Å². The molecule has 0 aliphatic carbocycles. The summed E-state index contributed by atoms with van der Waals surface area (Å²) in [5.41, 5.74) is -0.544. The quantitative estimate of drug-likeness (QED) is 0.635. The molecule has 1 fully saturated rings. The summed E-state index contributed by atoms with van der Waals surface area (Å²) in [6, 6.07) is 1.53. The van der Waals surface area contributed by atoms with Crippen molar-refractivity contribution in [3.8, 4) is 0 Å². The normalized spacial score (nSPS) is 20.6. The van der Waals surface area contributed by atoms with Crippen LogP contribution in [0.25, 0.3) is 0 Å². The average Bonchev–Trinajstić information content (AvgIpc) is 2.48. The Bertz CT molecular complexity index is 560. The van der Waals surface area contributed by atoms with Crippen molar-refractivity contribution < 1.29 is 14.1 Å². The maximum atomic E-state index is 11.5. The summed E-state index contributed by atoms with van der Waals surface area (Å²) in [4.78, 5) is 25.5. The number of aromatic nitrogens is 1. The minimum Gasteiger partial charge on any atom is -0.399 e. The fraction of sp³-hybridized carbons (Fsp3) is 0.538. The van der Waals surface area contributed by atoms with Crippen LogP contribution in [0.3, 0.4) is 0 Å². The van der Waals surface area contributed by atoms with Gasteiger partial charge in [-0.05, 0) is 46.1 Å². The Hall–Kier alpha value is -1.40. The third-order valence-corrected chi connectivity index (χ3v) is 3.83. The first-order chi connectivity index (χ1) is 8.64. The van der Waals surface area contributed by atoms with Crippen molar-refractivity contribution in [2.24, 2.45) is 0 Å². The molecule has 0 unspecified atom stereocenters. The summed E-state index contributed by atoms with van der Waals surface area (Å²) >= 11 is 0. The fourth-order valence-corrected chi connectivity index (χ4v) is 1.88. The molecule has 19 heavy (non-hydrogen) atoms. The first kappa shape index (κ1) is 14.0. The second-order valence-corrected chi connectivity index (χ2v) is 5.82. The third-order valence-electron chi connectivity index (χ3n) is 3.83. The Morgan fingerprint density at radius 2 is 1.74 bits per heavy atom. The summed E-state index contributed by atoms with van der Waals surface area (Å²) < 4.78 is 11.7. The summed E-state index contributed by atoms with van der Waals surface area (Å²) in [6.45, 7) is 9.16. The highest BCUT2D eigenvalue weighted by Crippen LogP contribution is 2.36. The standard InChI is InChI=1S/C13H18BNO4/c1-8(16)10-6-9(7-15-11(10)17)14-18-12(2,3)13(4,5)19-14/h6-7H,1-5H3,(H,15,17). The summed E-state index contributed by atoms with van der Waals surface area (Å²) in [6.07, 6.45) is 1.52. The van der Waals surface area contributed by atoms with Gasteiger partial charge >= 0.3 is 7.12 Å². The van der Waals surface area contributed by atoms with Crippen molar-refractivity contribution in [3.63, 3.8) is 0 Å². The first-order valence-corrected chi connectivity index (χ1v) is 6.23. The molecule has 2 rings (SSSR count). The zero-order valence-electron chi connectivity index (χ0n) is 11.9. The lowest BCUT2D eigenvalue weighted by Crippen LogP contribution is -2.41. The number of hydrogen-bond acceptors (Lipinski definition) is 4. The Balaban J connectivity index is 2.38. The molecule has 2 heterocycles. The molecule has 1 saturated heterocycles. The van der Waals surface area contributed by atoms with Crippen molar-refractivity contribution in [1.82, 2.24) is 4.98 Å². The van der Waals surface area contributed by atoms with Crippen LogP contribution >= 0.6 is 0 Å². The van der Waals surface area contributed by atoms with E-state index in [-0.39, 0.29) is 11.3 Å². The zero-order chi connectivity index (χ0) is 14.4. The number of ketones is 1. The van der Waals surface area contributed by atoms with Gasteiger partial charge in [-0.25, -0.2) is 0 Å². The molecule has 0 saturated carbocycles. The minimum absolute atomic E-state index is 0.118. The van der Waals surface area contributed by atoms with Crippen LogP contribution in [0.1, 0.15) is 45.0 Å². The van der Waals surface area contributed by atoms with Gasteiger partial charge in [0.15, 0.2) is 5.78 Å². The molecule has 1 aromatic heterocycles. The van der Waals surface area contributed by atoms with Crippen molar-refractivity contribution in [2.45, 2.75) is 45.8 Å². The number of carbonyl (C=O) groups is 1. The van der Waals surface area contributed by atoms with E-state index in [9.17, 15) is 9.59 Å². The Kier molecular flexibility index (Phi) is 3.19. The van der Waals surface area contributed by atoms with Gasteiger partial charge < -0.3 is 14.3 Å². The lowest BCUT2D eigenvalue weighted by molar-refractivity contribution is 0.00578. The van der Waals surface area contributed by atoms with Gasteiger partial charge in [0, 0.05) is 6.20 Å². The molecule has 0 radical (unpaired) electrons. The smallest absolute Gasteiger partial charge is 0.399 e. The van der Waals surface area contributed by atoms with Crippen molar-refractivity contribution in [2.75, 3.05) is 0 Å². The first-order valence-electron chi connectivity index (χ1n) is 6.23. The van der Waals surface area contributed by atoms with E-state index < -0.39 is 23.9 Å². The number of Topliss-reactive ketones (excluding diaryl/α,β-unsaturated/α-hetero) is 1. The number of hydrogen-bond donors (Lipinski definition) is 1. The van der Waals surface area contributed by atoms with Crippen LogP contribution < -0.4 is 11.0 Å². The van der Waals surface area contributed by atoms with E-state index >= 15 is 0 Å². The van der Waals surface area contributed by atoms with Gasteiger partial charge in [-0.3, -0.25) is 9.59 Å². The van der Waals surface area contributed by atoms with Gasteiger partial charge in [0.05, 0.1) is 16.8 Å². The Morgan fingerprint density at radius 3 is 2.21 bits per heavy atom. The van der Waals surface area contributed by atoms with E-state index in [1.807, 2.05) is 27.7 Å². The number of pyridine rings is 1. The number of H-pyrrole nitrogens is 1. The van der Waals surface area contributed by atoms with E-state index in [0.29, 0.717) is 5.46 Å². The van der Waals surface area contributed by atoms with Crippen molar-refractivity contribution >= 4 is 18.4 Å².